The molecule has 2 rings (SSSR count). The van der Waals surface area contributed by atoms with Gasteiger partial charge in [0.15, 0.2) is 11.6 Å². The van der Waals surface area contributed by atoms with Gasteiger partial charge in [0.2, 0.25) is 0 Å². The van der Waals surface area contributed by atoms with Crippen LogP contribution in [0.2, 0.25) is 0 Å². The highest BCUT2D eigenvalue weighted by Crippen LogP contribution is 2.30. The van der Waals surface area contributed by atoms with Crippen LogP contribution < -0.4 is 4.74 Å². The van der Waals surface area contributed by atoms with Gasteiger partial charge in [-0.3, -0.25) is 0 Å². The van der Waals surface area contributed by atoms with E-state index in [1.54, 1.807) is 13.1 Å². The van der Waals surface area contributed by atoms with E-state index in [0.29, 0.717) is 5.56 Å². The second kappa shape index (κ2) is 2.97. The van der Waals surface area contributed by atoms with E-state index in [0.717, 1.165) is 6.07 Å². The van der Waals surface area contributed by atoms with E-state index in [9.17, 15) is 8.78 Å². The number of aromatic nitrogens is 1. The molecule has 0 atom stereocenters. The van der Waals surface area contributed by atoms with Gasteiger partial charge in [0.1, 0.15) is 5.82 Å². The highest BCUT2D eigenvalue weighted by molar-refractivity contribution is 5.85. The first-order valence-corrected chi connectivity index (χ1v) is 4.15. The van der Waals surface area contributed by atoms with Crippen molar-refractivity contribution in [3.05, 3.63) is 29.5 Å². The number of rotatable bonds is 1. The topological polar surface area (TPSA) is 25.0 Å². The molecule has 0 bridgehead atoms. The van der Waals surface area contributed by atoms with Crippen LogP contribution in [-0.4, -0.2) is 12.1 Å². The van der Waals surface area contributed by atoms with Crippen LogP contribution >= 0.6 is 0 Å². The Bertz CT molecular complexity index is 490. The van der Waals surface area contributed by atoms with Crippen molar-refractivity contribution in [2.75, 3.05) is 7.11 Å². The second-order valence-electron chi connectivity index (χ2n) is 3.10. The monoisotopic (exact) mass is 197 g/mol. The van der Waals surface area contributed by atoms with Crippen molar-refractivity contribution < 1.29 is 13.5 Å². The maximum atomic E-state index is 13.5. The van der Waals surface area contributed by atoms with Gasteiger partial charge in [-0.2, -0.15) is 0 Å². The molecule has 1 aromatic carbocycles. The Labute approximate surface area is 79.5 Å². The predicted octanol–water partition coefficient (Wildman–Crippen LogP) is 2.76. The summed E-state index contributed by atoms with van der Waals surface area (Å²) in [4.78, 5) is 2.68. The molecular weight excluding hydrogens is 188 g/mol. The number of fused-ring (bicyclic) bond motifs is 1. The van der Waals surface area contributed by atoms with Crippen molar-refractivity contribution in [1.29, 1.82) is 0 Å². The van der Waals surface area contributed by atoms with Gasteiger partial charge in [-0.1, -0.05) is 0 Å². The van der Waals surface area contributed by atoms with Gasteiger partial charge in [-0.25, -0.2) is 8.78 Å². The van der Waals surface area contributed by atoms with Crippen LogP contribution in [0.15, 0.2) is 12.3 Å². The zero-order valence-corrected chi connectivity index (χ0v) is 7.82. The normalized spacial score (nSPS) is 10.9. The third-order valence-corrected chi connectivity index (χ3v) is 2.23. The van der Waals surface area contributed by atoms with Crippen LogP contribution in [0, 0.1) is 18.6 Å². The summed E-state index contributed by atoms with van der Waals surface area (Å²) in [5.41, 5.74) is 0.832. The van der Waals surface area contributed by atoms with Gasteiger partial charge in [0, 0.05) is 17.6 Å². The Balaban J connectivity index is 2.89. The lowest BCUT2D eigenvalue weighted by molar-refractivity contribution is 0.385. The Morgan fingerprint density at radius 2 is 2.07 bits per heavy atom. The molecule has 0 aliphatic heterocycles. The zero-order valence-electron chi connectivity index (χ0n) is 7.82. The smallest absolute Gasteiger partial charge is 0.189 e. The first-order valence-electron chi connectivity index (χ1n) is 4.15. The minimum Gasteiger partial charge on any atom is -0.493 e. The molecule has 0 spiro atoms. The molecule has 1 heterocycles. The van der Waals surface area contributed by atoms with E-state index in [1.165, 1.54) is 7.11 Å². The van der Waals surface area contributed by atoms with Gasteiger partial charge in [-0.15, -0.1) is 0 Å². The number of hydrogen-bond donors (Lipinski definition) is 1. The van der Waals surface area contributed by atoms with Crippen molar-refractivity contribution in [2.45, 2.75) is 6.92 Å². The van der Waals surface area contributed by atoms with Gasteiger partial charge < -0.3 is 9.72 Å². The van der Waals surface area contributed by atoms with Crippen LogP contribution in [0.4, 0.5) is 8.78 Å². The summed E-state index contributed by atoms with van der Waals surface area (Å²) in [7, 11) is 1.31. The van der Waals surface area contributed by atoms with Crippen LogP contribution in [-0.2, 0) is 0 Å². The molecule has 0 radical (unpaired) electrons. The lowest BCUT2D eigenvalue weighted by atomic mass is 10.1. The number of H-pyrrole nitrogens is 1. The minimum atomic E-state index is -0.558. The van der Waals surface area contributed by atoms with Crippen LogP contribution in [0.25, 0.3) is 10.9 Å². The average molecular weight is 197 g/mol. The number of nitrogens with one attached hydrogen (secondary N) is 1. The molecule has 0 aliphatic carbocycles. The fourth-order valence-corrected chi connectivity index (χ4v) is 1.53. The SMILES string of the molecule is COc1cc(F)c2c(C)c[nH]c2c1F. The second-order valence-corrected chi connectivity index (χ2v) is 3.10. The predicted molar refractivity (Wildman–Crippen MR) is 49.5 cm³/mol. The number of ether oxygens (including phenoxy) is 1. The Morgan fingerprint density at radius 1 is 1.36 bits per heavy atom. The van der Waals surface area contributed by atoms with Crippen molar-refractivity contribution in [3.63, 3.8) is 0 Å². The average Bonchev–Trinajstić information content (AvgIpc) is 2.54. The molecular formula is C10H9F2NO. The first kappa shape index (κ1) is 8.99. The molecule has 74 valence electrons. The standard InChI is InChI=1S/C10H9F2NO/c1-5-4-13-10-8(5)6(11)3-7(14-2)9(10)12/h3-4,13H,1-2H3. The molecule has 0 unspecified atom stereocenters. The van der Waals surface area contributed by atoms with E-state index >= 15 is 0 Å². The van der Waals surface area contributed by atoms with E-state index < -0.39 is 11.6 Å². The number of benzene rings is 1. The van der Waals surface area contributed by atoms with Gasteiger partial charge in [0.25, 0.3) is 0 Å². The van der Waals surface area contributed by atoms with Gasteiger partial charge in [0.05, 0.1) is 12.6 Å². The quantitative estimate of drug-likeness (QED) is 0.747. The van der Waals surface area contributed by atoms with E-state index in [1.807, 2.05) is 0 Å². The largest absolute Gasteiger partial charge is 0.493 e. The van der Waals surface area contributed by atoms with Gasteiger partial charge in [-0.05, 0) is 12.5 Å². The van der Waals surface area contributed by atoms with Crippen molar-refractivity contribution in [3.8, 4) is 5.75 Å². The third-order valence-electron chi connectivity index (χ3n) is 2.23. The molecule has 0 saturated carbocycles. The van der Waals surface area contributed by atoms with Crippen LogP contribution in [0.1, 0.15) is 5.56 Å². The lowest BCUT2D eigenvalue weighted by Crippen LogP contribution is -1.91. The first-order chi connectivity index (χ1) is 6.65. The fraction of sp³-hybridized carbons (Fsp3) is 0.200. The summed E-state index contributed by atoms with van der Waals surface area (Å²) in [6.07, 6.45) is 1.57. The number of halogens is 2. The highest BCUT2D eigenvalue weighted by Gasteiger charge is 2.15. The Hall–Kier alpha value is -1.58. The number of methoxy groups -OCH3 is 1. The van der Waals surface area contributed by atoms with Crippen molar-refractivity contribution in [1.82, 2.24) is 4.98 Å². The number of aromatic amines is 1. The Morgan fingerprint density at radius 3 is 2.71 bits per heavy atom. The molecule has 2 aromatic rings. The summed E-state index contributed by atoms with van der Waals surface area (Å²) in [6.45, 7) is 1.72. The molecule has 0 saturated heterocycles. The van der Waals surface area contributed by atoms with Crippen molar-refractivity contribution in [2.24, 2.45) is 0 Å². The number of hydrogen-bond acceptors (Lipinski definition) is 1. The summed E-state index contributed by atoms with van der Waals surface area (Å²) in [6, 6.07) is 1.05. The van der Waals surface area contributed by atoms with E-state index in [2.05, 4.69) is 4.98 Å². The molecule has 0 amide bonds. The summed E-state index contributed by atoms with van der Waals surface area (Å²) in [5, 5.41) is 0.281. The molecule has 0 fully saturated rings. The molecule has 0 aliphatic rings. The molecule has 2 nitrogen and oxygen atoms in total. The minimum absolute atomic E-state index is 0.0862. The molecule has 14 heavy (non-hydrogen) atoms. The lowest BCUT2D eigenvalue weighted by Gasteiger charge is -2.03. The Kier molecular flexibility index (Phi) is 1.91. The van der Waals surface area contributed by atoms with Crippen molar-refractivity contribution >= 4 is 10.9 Å². The van der Waals surface area contributed by atoms with Crippen LogP contribution in [0.3, 0.4) is 0 Å². The summed E-state index contributed by atoms with van der Waals surface area (Å²) in [5.74, 6) is -1.12. The van der Waals surface area contributed by atoms with E-state index in [4.69, 9.17) is 4.74 Å². The maximum Gasteiger partial charge on any atom is 0.189 e. The fourth-order valence-electron chi connectivity index (χ4n) is 1.53. The third kappa shape index (κ3) is 1.07. The van der Waals surface area contributed by atoms with Crippen LogP contribution in [0.5, 0.6) is 5.75 Å². The number of aryl methyl sites for hydroxylation is 1. The van der Waals surface area contributed by atoms with E-state index in [-0.39, 0.29) is 16.7 Å². The highest BCUT2D eigenvalue weighted by atomic mass is 19.1. The molecule has 1 aromatic heterocycles. The summed E-state index contributed by atoms with van der Waals surface area (Å²) >= 11 is 0. The molecule has 4 heteroatoms. The zero-order chi connectivity index (χ0) is 10.3. The van der Waals surface area contributed by atoms with Gasteiger partial charge >= 0.3 is 0 Å². The summed E-state index contributed by atoms with van der Waals surface area (Å²) < 4.78 is 31.7. The maximum absolute atomic E-state index is 13.5. The molecule has 1 N–H and O–H groups in total.